The van der Waals surface area contributed by atoms with Gasteiger partial charge in [-0.15, -0.1) is 0 Å². The molecular weight excluding hydrogens is 324 g/mol. The van der Waals surface area contributed by atoms with Gasteiger partial charge in [0.2, 0.25) is 15.9 Å². The summed E-state index contributed by atoms with van der Waals surface area (Å²) >= 11 is 5.89. The van der Waals surface area contributed by atoms with E-state index in [1.54, 1.807) is 0 Å². The molecule has 22 heavy (non-hydrogen) atoms. The first-order valence-electron chi connectivity index (χ1n) is 7.34. The molecule has 0 atom stereocenters. The Balaban J connectivity index is 2.04. The van der Waals surface area contributed by atoms with Crippen LogP contribution in [0, 0.1) is 5.41 Å². The number of nitrogens with one attached hydrogen (secondary N) is 1. The van der Waals surface area contributed by atoms with Gasteiger partial charge in [-0.3, -0.25) is 4.79 Å². The van der Waals surface area contributed by atoms with Gasteiger partial charge in [-0.2, -0.15) is 0 Å². The van der Waals surface area contributed by atoms with Gasteiger partial charge in [0.05, 0.1) is 11.2 Å². The number of halogens is 1. The summed E-state index contributed by atoms with van der Waals surface area (Å²) in [6.07, 6.45) is 4.30. The number of rotatable bonds is 6. The van der Waals surface area contributed by atoms with Gasteiger partial charge in [-0.05, 0) is 37.0 Å². The van der Waals surface area contributed by atoms with Crippen molar-refractivity contribution in [2.75, 3.05) is 12.3 Å². The van der Waals surface area contributed by atoms with Gasteiger partial charge in [0, 0.05) is 11.6 Å². The predicted octanol–water partition coefficient (Wildman–Crippen LogP) is 1.85. The van der Waals surface area contributed by atoms with E-state index < -0.39 is 15.4 Å². The van der Waals surface area contributed by atoms with Crippen LogP contribution in [0.4, 0.5) is 0 Å². The van der Waals surface area contributed by atoms with Gasteiger partial charge in [-0.25, -0.2) is 13.6 Å². The van der Waals surface area contributed by atoms with E-state index in [2.05, 4.69) is 5.32 Å². The largest absolute Gasteiger partial charge is 0.355 e. The van der Waals surface area contributed by atoms with Crippen molar-refractivity contribution in [1.82, 2.24) is 5.32 Å². The van der Waals surface area contributed by atoms with E-state index >= 15 is 0 Å². The number of amides is 1. The lowest BCUT2D eigenvalue weighted by atomic mass is 9.79. The van der Waals surface area contributed by atoms with E-state index in [0.717, 1.165) is 31.2 Å². The topological polar surface area (TPSA) is 89.3 Å². The Morgan fingerprint density at radius 1 is 1.23 bits per heavy atom. The highest BCUT2D eigenvalue weighted by Gasteiger charge is 2.40. The van der Waals surface area contributed by atoms with E-state index in [1.165, 1.54) is 0 Å². The zero-order valence-corrected chi connectivity index (χ0v) is 13.9. The van der Waals surface area contributed by atoms with Crippen molar-refractivity contribution in [3.63, 3.8) is 0 Å². The number of nitrogens with two attached hydrogens (primary N) is 1. The Bertz CT molecular complexity index is 623. The monoisotopic (exact) mass is 344 g/mol. The van der Waals surface area contributed by atoms with Crippen molar-refractivity contribution in [1.29, 1.82) is 0 Å². The van der Waals surface area contributed by atoms with Crippen molar-refractivity contribution < 1.29 is 13.2 Å². The van der Waals surface area contributed by atoms with Gasteiger partial charge >= 0.3 is 0 Å². The van der Waals surface area contributed by atoms with Crippen LogP contribution in [0.3, 0.4) is 0 Å². The quantitative estimate of drug-likeness (QED) is 0.825. The van der Waals surface area contributed by atoms with Crippen LogP contribution in [-0.4, -0.2) is 26.6 Å². The molecule has 0 aromatic heterocycles. The SMILES string of the molecule is NS(=O)(=O)CCNC(=O)C1(Cc2ccc(Cl)cc2)CCCC1. The third kappa shape index (κ3) is 4.69. The van der Waals surface area contributed by atoms with Gasteiger partial charge in [-0.1, -0.05) is 36.6 Å². The minimum atomic E-state index is -3.56. The zero-order valence-electron chi connectivity index (χ0n) is 12.3. The lowest BCUT2D eigenvalue weighted by molar-refractivity contribution is -0.130. The van der Waals surface area contributed by atoms with Crippen molar-refractivity contribution in [2.45, 2.75) is 32.1 Å². The highest BCUT2D eigenvalue weighted by Crippen LogP contribution is 2.41. The summed E-state index contributed by atoms with van der Waals surface area (Å²) in [4.78, 5) is 12.6. The molecule has 1 aromatic carbocycles. The van der Waals surface area contributed by atoms with Crippen LogP contribution in [0.15, 0.2) is 24.3 Å². The van der Waals surface area contributed by atoms with Crippen molar-refractivity contribution in [3.8, 4) is 0 Å². The Morgan fingerprint density at radius 3 is 2.36 bits per heavy atom. The van der Waals surface area contributed by atoms with Crippen molar-refractivity contribution >= 4 is 27.5 Å². The van der Waals surface area contributed by atoms with E-state index in [4.69, 9.17) is 16.7 Å². The predicted molar refractivity (Wildman–Crippen MR) is 87.0 cm³/mol. The number of primary sulfonamides is 1. The average molecular weight is 345 g/mol. The number of sulfonamides is 1. The number of hydrogen-bond donors (Lipinski definition) is 2. The van der Waals surface area contributed by atoms with Crippen LogP contribution in [-0.2, 0) is 21.2 Å². The summed E-state index contributed by atoms with van der Waals surface area (Å²) < 4.78 is 21.9. The third-order valence-corrected chi connectivity index (χ3v) is 5.20. The van der Waals surface area contributed by atoms with E-state index in [-0.39, 0.29) is 18.2 Å². The molecule has 0 spiro atoms. The molecule has 0 unspecified atom stereocenters. The number of hydrogen-bond acceptors (Lipinski definition) is 3. The van der Waals surface area contributed by atoms with Crippen LogP contribution in [0.1, 0.15) is 31.2 Å². The second-order valence-corrected chi connectivity index (χ2v) is 8.08. The fourth-order valence-electron chi connectivity index (χ4n) is 3.02. The Hall–Kier alpha value is -1.11. The minimum absolute atomic E-state index is 0.0556. The molecular formula is C15H21ClN2O3S. The summed E-state index contributed by atoms with van der Waals surface area (Å²) in [6.45, 7) is 0.0556. The normalized spacial score (nSPS) is 17.4. The molecule has 0 radical (unpaired) electrons. The van der Waals surface area contributed by atoms with Crippen molar-refractivity contribution in [3.05, 3.63) is 34.9 Å². The molecule has 3 N–H and O–H groups in total. The molecule has 2 rings (SSSR count). The molecule has 0 aliphatic heterocycles. The van der Waals surface area contributed by atoms with Gasteiger partial charge < -0.3 is 5.32 Å². The molecule has 1 aromatic rings. The molecule has 1 aliphatic rings. The first-order chi connectivity index (χ1) is 10.3. The number of carbonyl (C=O) groups is 1. The Kier molecular flexibility index (Phi) is 5.47. The molecule has 1 aliphatic carbocycles. The maximum absolute atomic E-state index is 12.6. The van der Waals surface area contributed by atoms with Gasteiger partial charge in [0.25, 0.3) is 0 Å². The molecule has 122 valence electrons. The van der Waals surface area contributed by atoms with E-state index in [9.17, 15) is 13.2 Å². The first-order valence-corrected chi connectivity index (χ1v) is 9.43. The van der Waals surface area contributed by atoms with Gasteiger partial charge in [0.1, 0.15) is 0 Å². The second-order valence-electron chi connectivity index (χ2n) is 5.91. The number of carbonyl (C=O) groups excluding carboxylic acids is 1. The molecule has 1 saturated carbocycles. The minimum Gasteiger partial charge on any atom is -0.355 e. The maximum atomic E-state index is 12.6. The first kappa shape index (κ1) is 17.2. The fourth-order valence-corrected chi connectivity index (χ4v) is 3.54. The standard InChI is InChI=1S/C15H21ClN2O3S/c16-13-5-3-12(4-6-13)11-15(7-1-2-8-15)14(19)18-9-10-22(17,20)21/h3-6H,1-2,7-11H2,(H,18,19)(H2,17,20,21). The summed E-state index contributed by atoms with van der Waals surface area (Å²) in [5, 5.41) is 8.35. The zero-order chi connectivity index (χ0) is 16.2. The fraction of sp³-hybridized carbons (Fsp3) is 0.533. The Morgan fingerprint density at radius 2 is 1.82 bits per heavy atom. The van der Waals surface area contributed by atoms with Crippen LogP contribution < -0.4 is 10.5 Å². The number of benzene rings is 1. The lowest BCUT2D eigenvalue weighted by Crippen LogP contribution is -2.43. The highest BCUT2D eigenvalue weighted by molar-refractivity contribution is 7.89. The smallest absolute Gasteiger partial charge is 0.226 e. The highest BCUT2D eigenvalue weighted by atomic mass is 35.5. The molecule has 1 amide bonds. The molecule has 5 nitrogen and oxygen atoms in total. The summed E-state index contributed by atoms with van der Waals surface area (Å²) in [7, 11) is -3.56. The van der Waals surface area contributed by atoms with Crippen molar-refractivity contribution in [2.24, 2.45) is 10.6 Å². The van der Waals surface area contributed by atoms with Crippen LogP contribution in [0.5, 0.6) is 0 Å². The van der Waals surface area contributed by atoms with E-state index in [0.29, 0.717) is 11.4 Å². The summed E-state index contributed by atoms with van der Waals surface area (Å²) in [5.74, 6) is -0.320. The molecule has 0 bridgehead atoms. The van der Waals surface area contributed by atoms with Crippen LogP contribution in [0.2, 0.25) is 5.02 Å². The second kappa shape index (κ2) is 6.98. The van der Waals surface area contributed by atoms with Gasteiger partial charge in [0.15, 0.2) is 0 Å². The molecule has 0 heterocycles. The lowest BCUT2D eigenvalue weighted by Gasteiger charge is -2.28. The average Bonchev–Trinajstić information content (AvgIpc) is 2.90. The van der Waals surface area contributed by atoms with Crippen LogP contribution in [0.25, 0.3) is 0 Å². The summed E-state index contributed by atoms with van der Waals surface area (Å²) in [5.41, 5.74) is 0.611. The molecule has 1 fully saturated rings. The Labute approximate surface area is 136 Å². The maximum Gasteiger partial charge on any atom is 0.226 e. The van der Waals surface area contributed by atoms with Crippen LogP contribution >= 0.6 is 11.6 Å². The van der Waals surface area contributed by atoms with E-state index in [1.807, 2.05) is 24.3 Å². The third-order valence-electron chi connectivity index (χ3n) is 4.17. The molecule has 0 saturated heterocycles. The summed E-state index contributed by atoms with van der Waals surface area (Å²) in [6, 6.07) is 7.50. The molecule has 7 heteroatoms.